The van der Waals surface area contributed by atoms with Gasteiger partial charge in [-0.05, 0) is 30.9 Å². The molecule has 0 heterocycles. The second-order valence-corrected chi connectivity index (χ2v) is 3.57. The van der Waals surface area contributed by atoms with Gasteiger partial charge in [0.2, 0.25) is 0 Å². The van der Waals surface area contributed by atoms with E-state index in [1.54, 1.807) is 0 Å². The minimum Gasteiger partial charge on any atom is -0.494 e. The fourth-order valence-corrected chi connectivity index (χ4v) is 1.08. The minimum absolute atomic E-state index is 0.320. The second-order valence-electron chi connectivity index (χ2n) is 3.57. The van der Waals surface area contributed by atoms with Crippen LogP contribution in [0.25, 0.3) is 0 Å². The van der Waals surface area contributed by atoms with Crippen LogP contribution >= 0.6 is 0 Å². The Bertz CT molecular complexity index is 187. The minimum atomic E-state index is 0.320. The molecule has 0 fully saturated rings. The molecule has 1 rings (SSSR count). The smallest absolute Gasteiger partial charge is 0.115 e. The lowest BCUT2D eigenvalue weighted by Gasteiger charge is -2.22. The Morgan fingerprint density at radius 3 is 2.73 bits per heavy atom. The number of hydrogen-bond donors (Lipinski definition) is 0. The van der Waals surface area contributed by atoms with Gasteiger partial charge in [0.05, 0.1) is 6.61 Å². The zero-order valence-electron chi connectivity index (χ0n) is 7.55. The Hall–Kier alpha value is -0.720. The van der Waals surface area contributed by atoms with Crippen molar-refractivity contribution in [1.29, 1.82) is 0 Å². The maximum atomic E-state index is 5.35. The van der Waals surface area contributed by atoms with E-state index in [4.69, 9.17) is 4.74 Å². The molecule has 0 atom stereocenters. The lowest BCUT2D eigenvalue weighted by atomic mass is 9.86. The molecule has 0 aromatic heterocycles. The van der Waals surface area contributed by atoms with Crippen molar-refractivity contribution < 1.29 is 4.74 Å². The predicted molar refractivity (Wildman–Crippen MR) is 47.2 cm³/mol. The van der Waals surface area contributed by atoms with Crippen molar-refractivity contribution >= 4 is 0 Å². The first-order valence-electron chi connectivity index (χ1n) is 4.16. The fourth-order valence-electron chi connectivity index (χ4n) is 1.08. The molecule has 0 N–H and O–H groups in total. The molecule has 0 bridgehead atoms. The summed E-state index contributed by atoms with van der Waals surface area (Å²) in [6.45, 7) is 7.22. The van der Waals surface area contributed by atoms with Gasteiger partial charge in [-0.15, -0.1) is 0 Å². The molecular formula is C10H16O. The van der Waals surface area contributed by atoms with Crippen LogP contribution in [0.2, 0.25) is 0 Å². The van der Waals surface area contributed by atoms with Crippen LogP contribution in [0.15, 0.2) is 24.0 Å². The van der Waals surface area contributed by atoms with Crippen LogP contribution in [0.4, 0.5) is 0 Å². The van der Waals surface area contributed by atoms with E-state index in [1.165, 1.54) is 0 Å². The van der Waals surface area contributed by atoms with Crippen LogP contribution in [0, 0.1) is 5.41 Å². The van der Waals surface area contributed by atoms with Crippen molar-refractivity contribution in [3.05, 3.63) is 24.0 Å². The molecule has 1 aliphatic carbocycles. The van der Waals surface area contributed by atoms with E-state index >= 15 is 0 Å². The van der Waals surface area contributed by atoms with Gasteiger partial charge in [0.1, 0.15) is 5.76 Å². The van der Waals surface area contributed by atoms with E-state index in [0.29, 0.717) is 5.41 Å². The molecule has 0 aliphatic heterocycles. The lowest BCUT2D eigenvalue weighted by molar-refractivity contribution is 0.236. The highest BCUT2D eigenvalue weighted by Crippen LogP contribution is 2.28. The lowest BCUT2D eigenvalue weighted by Crippen LogP contribution is -2.09. The van der Waals surface area contributed by atoms with Gasteiger partial charge in [-0.25, -0.2) is 0 Å². The number of hydrogen-bond acceptors (Lipinski definition) is 1. The zero-order valence-corrected chi connectivity index (χ0v) is 7.55. The molecule has 1 heteroatoms. The van der Waals surface area contributed by atoms with Gasteiger partial charge in [-0.3, -0.25) is 0 Å². The summed E-state index contributed by atoms with van der Waals surface area (Å²) in [7, 11) is 0. The van der Waals surface area contributed by atoms with Crippen molar-refractivity contribution in [2.24, 2.45) is 5.41 Å². The summed E-state index contributed by atoms with van der Waals surface area (Å²) in [5.41, 5.74) is 0.320. The molecule has 0 saturated carbocycles. The third kappa shape index (κ3) is 2.41. The summed E-state index contributed by atoms with van der Waals surface area (Å²) in [5.74, 6) is 1.02. The van der Waals surface area contributed by atoms with Crippen LogP contribution in [-0.2, 0) is 4.74 Å². The molecule has 0 aromatic rings. The molecule has 11 heavy (non-hydrogen) atoms. The first-order chi connectivity index (χ1) is 5.14. The average molecular weight is 152 g/mol. The summed E-state index contributed by atoms with van der Waals surface area (Å²) in [4.78, 5) is 0. The highest BCUT2D eigenvalue weighted by molar-refractivity contribution is 5.20. The van der Waals surface area contributed by atoms with Crippen molar-refractivity contribution in [2.75, 3.05) is 6.61 Å². The monoisotopic (exact) mass is 152 g/mol. The third-order valence-electron chi connectivity index (χ3n) is 1.84. The highest BCUT2D eigenvalue weighted by atomic mass is 16.5. The predicted octanol–water partition coefficient (Wildman–Crippen LogP) is 2.89. The van der Waals surface area contributed by atoms with E-state index in [9.17, 15) is 0 Å². The quantitative estimate of drug-likeness (QED) is 0.591. The molecule has 0 aromatic carbocycles. The van der Waals surface area contributed by atoms with E-state index in [1.807, 2.05) is 6.92 Å². The number of rotatable bonds is 2. The maximum Gasteiger partial charge on any atom is 0.115 e. The zero-order chi connectivity index (χ0) is 8.32. The van der Waals surface area contributed by atoms with Crippen molar-refractivity contribution in [2.45, 2.75) is 27.2 Å². The summed E-state index contributed by atoms with van der Waals surface area (Å²) < 4.78 is 5.35. The Balaban J connectivity index is 2.53. The molecule has 0 amide bonds. The van der Waals surface area contributed by atoms with E-state index in [-0.39, 0.29) is 0 Å². The van der Waals surface area contributed by atoms with Crippen LogP contribution in [0.3, 0.4) is 0 Å². The average Bonchev–Trinajstić information content (AvgIpc) is 1.94. The van der Waals surface area contributed by atoms with Crippen molar-refractivity contribution in [1.82, 2.24) is 0 Å². The first kappa shape index (κ1) is 8.38. The van der Waals surface area contributed by atoms with Crippen LogP contribution < -0.4 is 0 Å². The Morgan fingerprint density at radius 2 is 2.27 bits per heavy atom. The second kappa shape index (κ2) is 3.12. The molecule has 0 unspecified atom stereocenters. The van der Waals surface area contributed by atoms with Crippen LogP contribution in [-0.4, -0.2) is 6.61 Å². The number of ether oxygens (including phenoxy) is 1. The van der Waals surface area contributed by atoms with Gasteiger partial charge >= 0.3 is 0 Å². The Morgan fingerprint density at radius 1 is 1.55 bits per heavy atom. The molecule has 0 radical (unpaired) electrons. The van der Waals surface area contributed by atoms with Gasteiger partial charge in [-0.1, -0.05) is 19.9 Å². The van der Waals surface area contributed by atoms with Crippen molar-refractivity contribution in [3.8, 4) is 0 Å². The van der Waals surface area contributed by atoms with Gasteiger partial charge in [0, 0.05) is 0 Å². The van der Waals surface area contributed by atoms with Crippen molar-refractivity contribution in [3.63, 3.8) is 0 Å². The normalized spacial score (nSPS) is 21.2. The summed E-state index contributed by atoms with van der Waals surface area (Å²) in [6.07, 6.45) is 7.51. The molecule has 62 valence electrons. The largest absolute Gasteiger partial charge is 0.494 e. The van der Waals surface area contributed by atoms with E-state index < -0.39 is 0 Å². The third-order valence-corrected chi connectivity index (χ3v) is 1.84. The SMILES string of the molecule is CCOC1=CCC(C)(C)C=C1. The summed E-state index contributed by atoms with van der Waals surface area (Å²) in [6, 6.07) is 0. The molecule has 0 spiro atoms. The molecular weight excluding hydrogens is 136 g/mol. The summed E-state index contributed by atoms with van der Waals surface area (Å²) >= 11 is 0. The molecule has 1 aliphatic rings. The van der Waals surface area contributed by atoms with Gasteiger partial charge < -0.3 is 4.74 Å². The first-order valence-corrected chi connectivity index (χ1v) is 4.16. The Kier molecular flexibility index (Phi) is 2.38. The topological polar surface area (TPSA) is 9.23 Å². The standard InChI is InChI=1S/C10H16O/c1-4-11-9-5-7-10(2,3)8-6-9/h5-7H,4,8H2,1-3H3. The molecule has 1 nitrogen and oxygen atoms in total. The van der Waals surface area contributed by atoms with Gasteiger partial charge in [-0.2, -0.15) is 0 Å². The van der Waals surface area contributed by atoms with Crippen LogP contribution in [0.5, 0.6) is 0 Å². The highest BCUT2D eigenvalue weighted by Gasteiger charge is 2.15. The van der Waals surface area contributed by atoms with Gasteiger partial charge in [0.15, 0.2) is 0 Å². The fraction of sp³-hybridized carbons (Fsp3) is 0.600. The van der Waals surface area contributed by atoms with Crippen LogP contribution in [0.1, 0.15) is 27.2 Å². The Labute approximate surface area is 68.8 Å². The maximum absolute atomic E-state index is 5.35. The summed E-state index contributed by atoms with van der Waals surface area (Å²) in [5, 5.41) is 0. The van der Waals surface area contributed by atoms with E-state index in [2.05, 4.69) is 32.1 Å². The molecule has 0 saturated heterocycles. The van der Waals surface area contributed by atoms with E-state index in [0.717, 1.165) is 18.8 Å². The van der Waals surface area contributed by atoms with Gasteiger partial charge in [0.25, 0.3) is 0 Å². The number of allylic oxidation sites excluding steroid dienone is 3.